The Morgan fingerprint density at radius 3 is 2.47 bits per heavy atom. The zero-order valence-corrected chi connectivity index (χ0v) is 11.2. The minimum Gasteiger partial charge on any atom is -0.379 e. The number of ether oxygens (including phenoxy) is 1. The van der Waals surface area contributed by atoms with Crippen molar-refractivity contribution < 1.29 is 4.74 Å². The van der Waals surface area contributed by atoms with E-state index in [9.17, 15) is 0 Å². The Morgan fingerprint density at radius 2 is 1.94 bits per heavy atom. The summed E-state index contributed by atoms with van der Waals surface area (Å²) in [6.07, 6.45) is 8.11. The first-order valence-electron chi connectivity index (χ1n) is 7.26. The summed E-state index contributed by atoms with van der Waals surface area (Å²) in [5, 5.41) is 3.50. The van der Waals surface area contributed by atoms with Gasteiger partial charge in [-0.15, -0.1) is 0 Å². The lowest BCUT2D eigenvalue weighted by Gasteiger charge is -2.55. The first-order chi connectivity index (χ1) is 8.23. The van der Waals surface area contributed by atoms with Crippen molar-refractivity contribution in [1.82, 2.24) is 10.2 Å². The van der Waals surface area contributed by atoms with E-state index in [-0.39, 0.29) is 0 Å². The highest BCUT2D eigenvalue weighted by Crippen LogP contribution is 2.41. The fourth-order valence-corrected chi connectivity index (χ4v) is 4.36. The van der Waals surface area contributed by atoms with Gasteiger partial charge in [0.2, 0.25) is 0 Å². The van der Waals surface area contributed by atoms with Crippen LogP contribution in [0.15, 0.2) is 0 Å². The number of fused-ring (bicyclic) bond motifs is 2. The van der Waals surface area contributed by atoms with E-state index in [0.717, 1.165) is 31.3 Å². The highest BCUT2D eigenvalue weighted by Gasteiger charge is 2.47. The summed E-state index contributed by atoms with van der Waals surface area (Å²) in [4.78, 5) is 2.84. The Hall–Kier alpha value is -0.120. The van der Waals surface area contributed by atoms with Gasteiger partial charge in [0.15, 0.2) is 0 Å². The summed E-state index contributed by atoms with van der Waals surface area (Å²) >= 11 is 0. The van der Waals surface area contributed by atoms with Crippen molar-refractivity contribution >= 4 is 0 Å². The Labute approximate surface area is 105 Å². The molecule has 0 saturated carbocycles. The lowest BCUT2D eigenvalue weighted by molar-refractivity contribution is -0.0571. The van der Waals surface area contributed by atoms with Gasteiger partial charge < -0.3 is 10.1 Å². The maximum absolute atomic E-state index is 5.67. The molecule has 3 rings (SSSR count). The molecule has 3 aliphatic rings. The molecule has 0 aromatic carbocycles. The highest BCUT2D eigenvalue weighted by molar-refractivity contribution is 5.03. The molecule has 98 valence electrons. The van der Waals surface area contributed by atoms with Crippen LogP contribution in [-0.2, 0) is 4.74 Å². The second-order valence-corrected chi connectivity index (χ2v) is 6.40. The van der Waals surface area contributed by atoms with Gasteiger partial charge >= 0.3 is 0 Å². The van der Waals surface area contributed by atoms with E-state index >= 15 is 0 Å². The first kappa shape index (κ1) is 11.9. The lowest BCUT2D eigenvalue weighted by Crippen LogP contribution is -2.64. The second-order valence-electron chi connectivity index (χ2n) is 6.40. The van der Waals surface area contributed by atoms with Crippen LogP contribution in [0.4, 0.5) is 0 Å². The summed E-state index contributed by atoms with van der Waals surface area (Å²) in [5.41, 5.74) is 0.328. The Kier molecular flexibility index (Phi) is 3.18. The number of nitrogens with one attached hydrogen (secondary N) is 1. The quantitative estimate of drug-likeness (QED) is 0.793. The zero-order valence-electron chi connectivity index (χ0n) is 11.2. The van der Waals surface area contributed by atoms with Crippen LogP contribution in [0.5, 0.6) is 0 Å². The Bertz CT molecular complexity index is 261. The zero-order chi connectivity index (χ0) is 11.9. The van der Waals surface area contributed by atoms with Gasteiger partial charge in [-0.25, -0.2) is 0 Å². The molecular weight excluding hydrogens is 212 g/mol. The predicted octanol–water partition coefficient (Wildman–Crippen LogP) is 1.77. The molecule has 3 aliphatic heterocycles. The third-order valence-electron chi connectivity index (χ3n) is 5.20. The minimum absolute atomic E-state index is 0.328. The SMILES string of the molecule is CNC1CC2CCCC(C1)N2C1(C)CCOC1. The third-order valence-corrected chi connectivity index (χ3v) is 5.20. The Morgan fingerprint density at radius 1 is 1.24 bits per heavy atom. The van der Waals surface area contributed by atoms with Gasteiger partial charge in [-0.05, 0) is 46.1 Å². The largest absolute Gasteiger partial charge is 0.379 e. The van der Waals surface area contributed by atoms with E-state index in [4.69, 9.17) is 4.74 Å². The number of piperidine rings is 2. The van der Waals surface area contributed by atoms with Crippen LogP contribution >= 0.6 is 0 Å². The average molecular weight is 238 g/mol. The monoisotopic (exact) mass is 238 g/mol. The van der Waals surface area contributed by atoms with Crippen LogP contribution in [0.25, 0.3) is 0 Å². The van der Waals surface area contributed by atoms with Crippen LogP contribution in [0.3, 0.4) is 0 Å². The molecule has 0 aliphatic carbocycles. The summed E-state index contributed by atoms with van der Waals surface area (Å²) < 4.78 is 5.67. The van der Waals surface area contributed by atoms with Gasteiger partial charge in [0.25, 0.3) is 0 Å². The molecule has 3 atom stereocenters. The number of hydrogen-bond donors (Lipinski definition) is 1. The Balaban J connectivity index is 1.80. The molecule has 3 heteroatoms. The van der Waals surface area contributed by atoms with Gasteiger partial charge in [0, 0.05) is 30.3 Å². The van der Waals surface area contributed by atoms with Crippen LogP contribution in [0.1, 0.15) is 45.4 Å². The molecule has 2 bridgehead atoms. The molecule has 0 amide bonds. The smallest absolute Gasteiger partial charge is 0.0648 e. The van der Waals surface area contributed by atoms with E-state index in [2.05, 4.69) is 24.2 Å². The van der Waals surface area contributed by atoms with Crippen molar-refractivity contribution in [3.63, 3.8) is 0 Å². The third kappa shape index (κ3) is 2.02. The highest BCUT2D eigenvalue weighted by atomic mass is 16.5. The number of rotatable bonds is 2. The van der Waals surface area contributed by atoms with E-state index in [1.807, 2.05) is 0 Å². The fraction of sp³-hybridized carbons (Fsp3) is 1.00. The van der Waals surface area contributed by atoms with Gasteiger partial charge in [0.05, 0.1) is 6.61 Å². The minimum atomic E-state index is 0.328. The van der Waals surface area contributed by atoms with Gasteiger partial charge in [0.1, 0.15) is 0 Å². The van der Waals surface area contributed by atoms with Crippen molar-refractivity contribution in [2.45, 2.75) is 69.1 Å². The molecule has 3 nitrogen and oxygen atoms in total. The maximum atomic E-state index is 5.67. The van der Waals surface area contributed by atoms with Crippen LogP contribution in [-0.4, -0.2) is 48.8 Å². The predicted molar refractivity (Wildman–Crippen MR) is 69.2 cm³/mol. The molecule has 0 radical (unpaired) electrons. The molecule has 0 aromatic rings. The van der Waals surface area contributed by atoms with E-state index in [1.54, 1.807) is 0 Å². The summed E-state index contributed by atoms with van der Waals surface area (Å²) in [6, 6.07) is 2.34. The maximum Gasteiger partial charge on any atom is 0.0648 e. The lowest BCUT2D eigenvalue weighted by atomic mass is 9.77. The summed E-state index contributed by atoms with van der Waals surface area (Å²) in [5.74, 6) is 0. The molecule has 3 fully saturated rings. The van der Waals surface area contributed by atoms with E-state index in [0.29, 0.717) is 5.54 Å². The number of hydrogen-bond acceptors (Lipinski definition) is 3. The van der Waals surface area contributed by atoms with E-state index < -0.39 is 0 Å². The van der Waals surface area contributed by atoms with Crippen molar-refractivity contribution in [2.75, 3.05) is 20.3 Å². The molecule has 0 spiro atoms. The summed E-state index contributed by atoms with van der Waals surface area (Å²) in [7, 11) is 2.12. The van der Waals surface area contributed by atoms with Gasteiger partial charge in [-0.3, -0.25) is 4.90 Å². The van der Waals surface area contributed by atoms with Gasteiger partial charge in [-0.1, -0.05) is 6.42 Å². The molecule has 3 heterocycles. The second kappa shape index (κ2) is 4.52. The van der Waals surface area contributed by atoms with Gasteiger partial charge in [-0.2, -0.15) is 0 Å². The molecular formula is C14H26N2O. The van der Waals surface area contributed by atoms with E-state index in [1.165, 1.54) is 38.5 Å². The molecule has 17 heavy (non-hydrogen) atoms. The first-order valence-corrected chi connectivity index (χ1v) is 7.26. The van der Waals surface area contributed by atoms with Crippen molar-refractivity contribution in [3.8, 4) is 0 Å². The van der Waals surface area contributed by atoms with Crippen molar-refractivity contribution in [3.05, 3.63) is 0 Å². The molecule has 3 unspecified atom stereocenters. The average Bonchev–Trinajstić information content (AvgIpc) is 2.75. The number of nitrogens with zero attached hydrogens (tertiary/aromatic N) is 1. The topological polar surface area (TPSA) is 24.5 Å². The molecule has 3 saturated heterocycles. The standard InChI is InChI=1S/C14H26N2O/c1-14(6-7-17-10-14)16-12-4-3-5-13(16)9-11(8-12)15-2/h11-13,15H,3-10H2,1-2H3. The van der Waals surface area contributed by atoms with Crippen molar-refractivity contribution in [2.24, 2.45) is 0 Å². The van der Waals surface area contributed by atoms with Crippen LogP contribution < -0.4 is 5.32 Å². The molecule has 0 aromatic heterocycles. The normalized spacial score (nSPS) is 47.3. The molecule has 1 N–H and O–H groups in total. The van der Waals surface area contributed by atoms with Crippen LogP contribution in [0, 0.1) is 0 Å². The summed E-state index contributed by atoms with van der Waals surface area (Å²) in [6.45, 7) is 4.33. The fourth-order valence-electron chi connectivity index (χ4n) is 4.36. The van der Waals surface area contributed by atoms with Crippen LogP contribution in [0.2, 0.25) is 0 Å². The van der Waals surface area contributed by atoms with Crippen molar-refractivity contribution in [1.29, 1.82) is 0 Å².